The van der Waals surface area contributed by atoms with Crippen LogP contribution in [0.5, 0.6) is 0 Å². The summed E-state index contributed by atoms with van der Waals surface area (Å²) < 4.78 is 0. The van der Waals surface area contributed by atoms with Crippen molar-refractivity contribution in [2.24, 2.45) is 5.92 Å². The van der Waals surface area contributed by atoms with Crippen LogP contribution in [0.1, 0.15) is 25.1 Å². The van der Waals surface area contributed by atoms with Gasteiger partial charge in [-0.2, -0.15) is 0 Å². The van der Waals surface area contributed by atoms with E-state index in [1.54, 1.807) is 6.20 Å². The number of amides is 1. The molecule has 90 valence electrons. The van der Waals surface area contributed by atoms with Gasteiger partial charge < -0.3 is 5.32 Å². The normalized spacial score (nSPS) is 10.8. The van der Waals surface area contributed by atoms with E-state index in [2.05, 4.69) is 24.1 Å². The highest BCUT2D eigenvalue weighted by Crippen LogP contribution is 2.15. The third-order valence-corrected chi connectivity index (χ3v) is 2.97. The van der Waals surface area contributed by atoms with Gasteiger partial charge in [0.15, 0.2) is 11.7 Å². The Morgan fingerprint density at radius 1 is 1.62 bits per heavy atom. The Kier molecular flexibility index (Phi) is 5.42. The number of rotatable bonds is 6. The topological polar surface area (TPSA) is 58.6 Å². The first kappa shape index (κ1) is 13.1. The summed E-state index contributed by atoms with van der Waals surface area (Å²) in [7, 11) is 0. The molecule has 1 amide bonds. The zero-order valence-electron chi connectivity index (χ0n) is 10.1. The van der Waals surface area contributed by atoms with Crippen LogP contribution in [0.15, 0.2) is 6.20 Å². The smallest absolute Gasteiger partial charge is 0.281 e. The summed E-state index contributed by atoms with van der Waals surface area (Å²) in [6, 6.07) is 0. The minimum atomic E-state index is 0.0260. The number of quaternary nitrogens is 1. The summed E-state index contributed by atoms with van der Waals surface area (Å²) in [5.74, 6) is 0.721. The van der Waals surface area contributed by atoms with E-state index in [9.17, 15) is 4.79 Å². The lowest BCUT2D eigenvalue weighted by Gasteiger charge is -2.03. The predicted octanol–water partition coefficient (Wildman–Crippen LogP) is 1.000. The second kappa shape index (κ2) is 6.60. The fourth-order valence-corrected chi connectivity index (χ4v) is 1.95. The molecule has 4 nitrogen and oxygen atoms in total. The van der Waals surface area contributed by atoms with E-state index >= 15 is 0 Å². The summed E-state index contributed by atoms with van der Waals surface area (Å²) in [6.07, 6.45) is 2.91. The number of anilines is 1. The fourth-order valence-electron chi connectivity index (χ4n) is 1.27. The molecule has 1 heterocycles. The first-order valence-corrected chi connectivity index (χ1v) is 6.43. The Morgan fingerprint density at radius 2 is 2.38 bits per heavy atom. The van der Waals surface area contributed by atoms with Gasteiger partial charge in [-0.05, 0) is 19.3 Å². The molecular weight excluding hydrogens is 222 g/mol. The van der Waals surface area contributed by atoms with Crippen molar-refractivity contribution < 1.29 is 10.1 Å². The molecule has 0 aliphatic carbocycles. The Bertz CT molecular complexity index is 336. The van der Waals surface area contributed by atoms with Crippen LogP contribution < -0.4 is 10.6 Å². The minimum Gasteiger partial charge on any atom is -0.338 e. The quantitative estimate of drug-likeness (QED) is 0.731. The van der Waals surface area contributed by atoms with Gasteiger partial charge in [0, 0.05) is 11.1 Å². The number of aromatic nitrogens is 1. The summed E-state index contributed by atoms with van der Waals surface area (Å²) in [6.45, 7) is 7.83. The average Bonchev–Trinajstić information content (AvgIpc) is 2.58. The van der Waals surface area contributed by atoms with Gasteiger partial charge in [-0.15, -0.1) is 11.3 Å². The van der Waals surface area contributed by atoms with Crippen molar-refractivity contribution in [1.29, 1.82) is 0 Å². The standard InChI is InChI=1S/C11H19N3OS/c1-8(2)4-5-12-7-10(15)14-11-13-6-9(3)16-11/h6,8,12H,4-5,7H2,1-3H3,(H,13,14,15)/p+1. The molecule has 5 heteroatoms. The number of aryl methyl sites for hydroxylation is 1. The fraction of sp³-hybridized carbons (Fsp3) is 0.636. The molecule has 0 saturated carbocycles. The zero-order valence-corrected chi connectivity index (χ0v) is 10.9. The van der Waals surface area contributed by atoms with Crippen LogP contribution in [0.4, 0.5) is 5.13 Å². The van der Waals surface area contributed by atoms with Crippen LogP contribution in [0, 0.1) is 12.8 Å². The molecule has 1 rings (SSSR count). The molecule has 16 heavy (non-hydrogen) atoms. The van der Waals surface area contributed by atoms with Gasteiger partial charge in [-0.3, -0.25) is 10.1 Å². The SMILES string of the molecule is Cc1cnc(NC(=O)C[NH2+]CCC(C)C)s1. The number of nitrogens with two attached hydrogens (primary N) is 1. The maximum Gasteiger partial charge on any atom is 0.281 e. The molecule has 0 spiro atoms. The summed E-state index contributed by atoms with van der Waals surface area (Å²) in [5, 5.41) is 5.52. The van der Waals surface area contributed by atoms with Gasteiger partial charge >= 0.3 is 0 Å². The second-order valence-electron chi connectivity index (χ2n) is 4.29. The Morgan fingerprint density at radius 3 is 2.94 bits per heavy atom. The first-order chi connectivity index (χ1) is 7.58. The van der Waals surface area contributed by atoms with E-state index in [4.69, 9.17) is 0 Å². The number of nitrogens with one attached hydrogen (secondary N) is 1. The number of thiazole rings is 1. The molecule has 1 aromatic rings. The van der Waals surface area contributed by atoms with Gasteiger partial charge in [0.1, 0.15) is 0 Å². The van der Waals surface area contributed by atoms with Crippen molar-refractivity contribution in [3.8, 4) is 0 Å². The molecule has 0 fully saturated rings. The molecule has 0 aliphatic rings. The third-order valence-electron chi connectivity index (χ3n) is 2.15. The lowest BCUT2D eigenvalue weighted by atomic mass is 10.1. The van der Waals surface area contributed by atoms with E-state index in [0.717, 1.165) is 17.8 Å². The Balaban J connectivity index is 2.16. The number of carbonyl (C=O) groups excluding carboxylic acids is 1. The molecule has 0 radical (unpaired) electrons. The van der Waals surface area contributed by atoms with Crippen LogP contribution >= 0.6 is 11.3 Å². The maximum absolute atomic E-state index is 11.5. The maximum atomic E-state index is 11.5. The van der Waals surface area contributed by atoms with E-state index in [-0.39, 0.29) is 5.91 Å². The van der Waals surface area contributed by atoms with Gasteiger partial charge in [0.2, 0.25) is 0 Å². The van der Waals surface area contributed by atoms with Crippen molar-refractivity contribution in [2.45, 2.75) is 27.2 Å². The molecule has 0 unspecified atom stereocenters. The van der Waals surface area contributed by atoms with E-state index < -0.39 is 0 Å². The molecule has 1 aromatic heterocycles. The van der Waals surface area contributed by atoms with Gasteiger partial charge in [0.05, 0.1) is 6.54 Å². The van der Waals surface area contributed by atoms with Gasteiger partial charge in [0.25, 0.3) is 5.91 Å². The molecular formula is C11H20N3OS+. The van der Waals surface area contributed by atoms with Crippen molar-refractivity contribution in [3.63, 3.8) is 0 Å². The third kappa shape index (κ3) is 5.23. The van der Waals surface area contributed by atoms with Crippen molar-refractivity contribution in [1.82, 2.24) is 4.98 Å². The van der Waals surface area contributed by atoms with Crippen LogP contribution in [0.2, 0.25) is 0 Å². The van der Waals surface area contributed by atoms with Crippen LogP contribution in [0.25, 0.3) is 0 Å². The number of hydrogen-bond acceptors (Lipinski definition) is 3. The number of carbonyl (C=O) groups is 1. The summed E-state index contributed by atoms with van der Waals surface area (Å²) >= 11 is 1.50. The summed E-state index contributed by atoms with van der Waals surface area (Å²) in [5.41, 5.74) is 0. The van der Waals surface area contributed by atoms with Crippen molar-refractivity contribution in [3.05, 3.63) is 11.1 Å². The van der Waals surface area contributed by atoms with E-state index in [1.807, 2.05) is 12.2 Å². The van der Waals surface area contributed by atoms with Crippen molar-refractivity contribution in [2.75, 3.05) is 18.4 Å². The Hall–Kier alpha value is -0.940. The molecule has 0 aliphatic heterocycles. The van der Waals surface area contributed by atoms with E-state index in [1.165, 1.54) is 11.3 Å². The Labute approximate surface area is 100 Å². The number of nitrogens with zero attached hydrogens (tertiary/aromatic N) is 1. The second-order valence-corrected chi connectivity index (χ2v) is 5.52. The largest absolute Gasteiger partial charge is 0.338 e. The van der Waals surface area contributed by atoms with Crippen LogP contribution in [-0.2, 0) is 4.79 Å². The van der Waals surface area contributed by atoms with Crippen molar-refractivity contribution >= 4 is 22.4 Å². The average molecular weight is 242 g/mol. The monoisotopic (exact) mass is 242 g/mol. The molecule has 0 atom stereocenters. The summed E-state index contributed by atoms with van der Waals surface area (Å²) in [4.78, 5) is 16.7. The molecule has 3 N–H and O–H groups in total. The molecule has 0 aromatic carbocycles. The van der Waals surface area contributed by atoms with Crippen LogP contribution in [-0.4, -0.2) is 24.0 Å². The lowest BCUT2D eigenvalue weighted by molar-refractivity contribution is -0.644. The highest BCUT2D eigenvalue weighted by molar-refractivity contribution is 7.15. The highest BCUT2D eigenvalue weighted by Gasteiger charge is 2.06. The molecule has 0 saturated heterocycles. The predicted molar refractivity (Wildman–Crippen MR) is 66.6 cm³/mol. The molecule has 0 bridgehead atoms. The zero-order chi connectivity index (χ0) is 12.0. The van der Waals surface area contributed by atoms with Gasteiger partial charge in [-0.25, -0.2) is 4.98 Å². The highest BCUT2D eigenvalue weighted by atomic mass is 32.1. The first-order valence-electron chi connectivity index (χ1n) is 5.62. The minimum absolute atomic E-state index is 0.0260. The van der Waals surface area contributed by atoms with E-state index in [0.29, 0.717) is 17.6 Å². The van der Waals surface area contributed by atoms with Gasteiger partial charge in [-0.1, -0.05) is 13.8 Å². The number of hydrogen-bond donors (Lipinski definition) is 2. The van der Waals surface area contributed by atoms with Crippen LogP contribution in [0.3, 0.4) is 0 Å². The lowest BCUT2D eigenvalue weighted by Crippen LogP contribution is -2.86.